The van der Waals surface area contributed by atoms with Gasteiger partial charge in [-0.05, 0) is 29.7 Å². The molecule has 0 bridgehead atoms. The van der Waals surface area contributed by atoms with E-state index in [1.807, 2.05) is 60.7 Å². The van der Waals surface area contributed by atoms with E-state index in [9.17, 15) is 4.79 Å². The molecule has 1 aromatic heterocycles. The average Bonchev–Trinajstić information content (AvgIpc) is 2.80. The van der Waals surface area contributed by atoms with Crippen LogP contribution in [0.25, 0.3) is 16.6 Å². The molecule has 0 radical (unpaired) electrons. The standard InChI is InChI=1S/C24H23N3O4/c28-24(30-16-17-6-2-1-3-7-17)27-14-19(15-27)31-23-22(18-10-12-29-13-11-18)25-20-8-4-5-9-21(20)26-23/h1-10,19H,11-16H2. The van der Waals surface area contributed by atoms with Crippen LogP contribution in [0.2, 0.25) is 0 Å². The molecule has 158 valence electrons. The van der Waals surface area contributed by atoms with Crippen molar-refractivity contribution in [1.29, 1.82) is 0 Å². The van der Waals surface area contributed by atoms with E-state index in [1.165, 1.54) is 0 Å². The second-order valence-electron chi connectivity index (χ2n) is 7.61. The predicted molar refractivity (Wildman–Crippen MR) is 116 cm³/mol. The molecule has 1 saturated heterocycles. The Kier molecular flexibility index (Phi) is 5.50. The number of carbonyl (C=O) groups excluding carboxylic acids is 1. The predicted octanol–water partition coefficient (Wildman–Crippen LogP) is 3.83. The number of para-hydroxylation sites is 2. The van der Waals surface area contributed by atoms with E-state index in [1.54, 1.807) is 4.90 Å². The Hall–Kier alpha value is -3.45. The van der Waals surface area contributed by atoms with Gasteiger partial charge < -0.3 is 19.1 Å². The number of ether oxygens (including phenoxy) is 3. The van der Waals surface area contributed by atoms with Crippen LogP contribution in [0.5, 0.6) is 5.88 Å². The van der Waals surface area contributed by atoms with Gasteiger partial charge in [-0.15, -0.1) is 0 Å². The number of carbonyl (C=O) groups is 1. The van der Waals surface area contributed by atoms with Crippen molar-refractivity contribution >= 4 is 22.7 Å². The number of hydrogen-bond donors (Lipinski definition) is 0. The van der Waals surface area contributed by atoms with E-state index < -0.39 is 0 Å². The van der Waals surface area contributed by atoms with Crippen LogP contribution in [0.1, 0.15) is 17.7 Å². The summed E-state index contributed by atoms with van der Waals surface area (Å²) in [4.78, 5) is 23.4. The number of rotatable bonds is 5. The zero-order chi connectivity index (χ0) is 21.0. The summed E-state index contributed by atoms with van der Waals surface area (Å²) in [6.45, 7) is 2.41. The summed E-state index contributed by atoms with van der Waals surface area (Å²) in [5, 5.41) is 0. The van der Waals surface area contributed by atoms with Gasteiger partial charge >= 0.3 is 6.09 Å². The lowest BCUT2D eigenvalue weighted by Gasteiger charge is -2.37. The van der Waals surface area contributed by atoms with Gasteiger partial charge in [0.2, 0.25) is 5.88 Å². The Morgan fingerprint density at radius 3 is 2.52 bits per heavy atom. The van der Waals surface area contributed by atoms with Gasteiger partial charge in [-0.1, -0.05) is 48.5 Å². The van der Waals surface area contributed by atoms with Gasteiger partial charge in [0.05, 0.1) is 37.3 Å². The lowest BCUT2D eigenvalue weighted by atomic mass is 10.1. The summed E-state index contributed by atoms with van der Waals surface area (Å²) in [7, 11) is 0. The molecular formula is C24H23N3O4. The van der Waals surface area contributed by atoms with E-state index in [4.69, 9.17) is 24.2 Å². The van der Waals surface area contributed by atoms with Crippen molar-refractivity contribution in [3.05, 3.63) is 71.9 Å². The zero-order valence-electron chi connectivity index (χ0n) is 17.1. The Morgan fingerprint density at radius 2 is 1.77 bits per heavy atom. The minimum Gasteiger partial charge on any atom is -0.469 e. The van der Waals surface area contributed by atoms with Crippen molar-refractivity contribution in [3.63, 3.8) is 0 Å². The minimum absolute atomic E-state index is 0.140. The fraction of sp³-hybridized carbons (Fsp3) is 0.292. The molecule has 3 aromatic rings. The van der Waals surface area contributed by atoms with Gasteiger partial charge in [-0.3, -0.25) is 0 Å². The van der Waals surface area contributed by atoms with E-state index in [0.29, 0.717) is 32.2 Å². The fourth-order valence-corrected chi connectivity index (χ4v) is 3.65. The SMILES string of the molecule is O=C(OCc1ccccc1)N1CC(Oc2nc3ccccc3nc2C2=CCOCC2)C1. The van der Waals surface area contributed by atoms with Crippen LogP contribution < -0.4 is 4.74 Å². The molecule has 7 heteroatoms. The molecule has 0 atom stereocenters. The van der Waals surface area contributed by atoms with Gasteiger partial charge in [0, 0.05) is 0 Å². The molecule has 2 aliphatic heterocycles. The first-order valence-corrected chi connectivity index (χ1v) is 10.4. The molecule has 3 heterocycles. The summed E-state index contributed by atoms with van der Waals surface area (Å²) in [5.74, 6) is 0.508. The molecule has 1 fully saturated rings. The average molecular weight is 417 g/mol. The highest BCUT2D eigenvalue weighted by molar-refractivity contribution is 5.79. The van der Waals surface area contributed by atoms with Crippen molar-refractivity contribution in [1.82, 2.24) is 14.9 Å². The van der Waals surface area contributed by atoms with E-state index in [0.717, 1.165) is 34.3 Å². The number of amides is 1. The molecule has 0 unspecified atom stereocenters. The number of hydrogen-bond acceptors (Lipinski definition) is 6. The molecule has 0 saturated carbocycles. The summed E-state index contributed by atoms with van der Waals surface area (Å²) >= 11 is 0. The number of aromatic nitrogens is 2. The van der Waals surface area contributed by atoms with E-state index in [-0.39, 0.29) is 18.8 Å². The van der Waals surface area contributed by atoms with E-state index >= 15 is 0 Å². The molecule has 0 spiro atoms. The van der Waals surface area contributed by atoms with Crippen LogP contribution in [0, 0.1) is 0 Å². The summed E-state index contributed by atoms with van der Waals surface area (Å²) < 4.78 is 17.0. The Labute approximate surface area is 180 Å². The Morgan fingerprint density at radius 1 is 1.03 bits per heavy atom. The summed E-state index contributed by atoms with van der Waals surface area (Å²) in [5.41, 5.74) is 4.42. The van der Waals surface area contributed by atoms with Crippen LogP contribution in [0.3, 0.4) is 0 Å². The normalized spacial score (nSPS) is 16.5. The van der Waals surface area contributed by atoms with Crippen molar-refractivity contribution < 1.29 is 19.0 Å². The van der Waals surface area contributed by atoms with Crippen molar-refractivity contribution in [3.8, 4) is 5.88 Å². The maximum absolute atomic E-state index is 12.3. The zero-order valence-corrected chi connectivity index (χ0v) is 17.1. The molecule has 5 rings (SSSR count). The first-order chi connectivity index (χ1) is 15.3. The van der Waals surface area contributed by atoms with Gasteiger partial charge in [0.25, 0.3) is 0 Å². The molecule has 0 N–H and O–H groups in total. The topological polar surface area (TPSA) is 73.8 Å². The van der Waals surface area contributed by atoms with Crippen LogP contribution in [0.15, 0.2) is 60.7 Å². The molecule has 7 nitrogen and oxygen atoms in total. The van der Waals surface area contributed by atoms with Crippen molar-refractivity contribution in [2.75, 3.05) is 26.3 Å². The number of nitrogens with zero attached hydrogens (tertiary/aromatic N) is 3. The van der Waals surface area contributed by atoms with Gasteiger partial charge in [0.1, 0.15) is 18.4 Å². The number of likely N-dealkylation sites (tertiary alicyclic amines) is 1. The highest BCUT2D eigenvalue weighted by atomic mass is 16.6. The number of fused-ring (bicyclic) bond motifs is 1. The summed E-state index contributed by atoms with van der Waals surface area (Å²) in [6.07, 6.45) is 2.33. The Balaban J connectivity index is 1.25. The highest BCUT2D eigenvalue weighted by Gasteiger charge is 2.34. The lowest BCUT2D eigenvalue weighted by molar-refractivity contribution is 0.00661. The van der Waals surface area contributed by atoms with Crippen LogP contribution >= 0.6 is 0 Å². The second kappa shape index (κ2) is 8.73. The van der Waals surface area contributed by atoms with Crippen molar-refractivity contribution in [2.24, 2.45) is 0 Å². The minimum atomic E-state index is -0.333. The molecule has 2 aliphatic rings. The second-order valence-corrected chi connectivity index (χ2v) is 7.61. The van der Waals surface area contributed by atoms with E-state index in [2.05, 4.69) is 0 Å². The quantitative estimate of drug-likeness (QED) is 0.628. The largest absolute Gasteiger partial charge is 0.469 e. The van der Waals surface area contributed by atoms with Crippen molar-refractivity contribution in [2.45, 2.75) is 19.1 Å². The molecular weight excluding hydrogens is 394 g/mol. The van der Waals surface area contributed by atoms with Crippen LogP contribution in [-0.4, -0.2) is 53.4 Å². The molecule has 31 heavy (non-hydrogen) atoms. The summed E-state index contributed by atoms with van der Waals surface area (Å²) in [6, 6.07) is 17.4. The maximum atomic E-state index is 12.3. The van der Waals surface area contributed by atoms with Gasteiger partial charge in [-0.25, -0.2) is 14.8 Å². The molecule has 2 aromatic carbocycles. The third kappa shape index (κ3) is 4.36. The molecule has 1 amide bonds. The van der Waals surface area contributed by atoms with Crippen LogP contribution in [-0.2, 0) is 16.1 Å². The maximum Gasteiger partial charge on any atom is 0.410 e. The number of benzene rings is 2. The van der Waals surface area contributed by atoms with Crippen LogP contribution in [0.4, 0.5) is 4.79 Å². The first kappa shape index (κ1) is 19.5. The first-order valence-electron chi connectivity index (χ1n) is 10.4. The third-order valence-electron chi connectivity index (χ3n) is 5.40. The lowest BCUT2D eigenvalue weighted by Crippen LogP contribution is -2.56. The Bertz CT molecular complexity index is 1110. The van der Waals surface area contributed by atoms with Gasteiger partial charge in [0.15, 0.2) is 0 Å². The van der Waals surface area contributed by atoms with Gasteiger partial charge in [-0.2, -0.15) is 0 Å². The monoisotopic (exact) mass is 417 g/mol. The smallest absolute Gasteiger partial charge is 0.410 e. The third-order valence-corrected chi connectivity index (χ3v) is 5.40. The fourth-order valence-electron chi connectivity index (χ4n) is 3.65. The molecule has 0 aliphatic carbocycles. The highest BCUT2D eigenvalue weighted by Crippen LogP contribution is 2.30.